The van der Waals surface area contributed by atoms with Crippen molar-refractivity contribution in [2.24, 2.45) is 0 Å². The molecule has 1 aromatic heterocycles. The fraction of sp³-hybridized carbons (Fsp3) is 0. The highest BCUT2D eigenvalue weighted by molar-refractivity contribution is 7.91. The second-order valence-electron chi connectivity index (χ2n) is 6.30. The summed E-state index contributed by atoms with van der Waals surface area (Å²) in [5, 5.41) is 10.0. The first-order valence-electron chi connectivity index (χ1n) is 8.65. The molecule has 1 heterocycles. The lowest BCUT2D eigenvalue weighted by molar-refractivity contribution is 0.596. The van der Waals surface area contributed by atoms with Crippen molar-refractivity contribution in [2.75, 3.05) is 0 Å². The number of imidazole rings is 1. The Morgan fingerprint density at radius 1 is 0.966 bits per heavy atom. The topological polar surface area (TPSA) is 86.6 Å². The maximum Gasteiger partial charge on any atom is 0.206 e. The van der Waals surface area contributed by atoms with E-state index < -0.39 is 9.84 Å². The van der Waals surface area contributed by atoms with Crippen LogP contribution in [-0.4, -0.2) is 18.4 Å². The molecule has 0 aliphatic carbocycles. The smallest absolute Gasteiger partial charge is 0.206 e. The third kappa shape index (κ3) is 3.79. The van der Waals surface area contributed by atoms with Gasteiger partial charge in [0.05, 0.1) is 26.4 Å². The summed E-state index contributed by atoms with van der Waals surface area (Å²) in [6.45, 7) is 0. The zero-order chi connectivity index (χ0) is 20.4. The van der Waals surface area contributed by atoms with Gasteiger partial charge < -0.3 is 4.98 Å². The van der Waals surface area contributed by atoms with Crippen molar-refractivity contribution >= 4 is 44.1 Å². The van der Waals surface area contributed by atoms with Crippen LogP contribution in [-0.2, 0) is 9.84 Å². The molecule has 3 aromatic carbocycles. The Kier molecular flexibility index (Phi) is 4.93. The number of hydrogen-bond acceptors (Lipinski definition) is 4. The van der Waals surface area contributed by atoms with Crippen LogP contribution in [0.15, 0.2) is 82.6 Å². The van der Waals surface area contributed by atoms with E-state index in [-0.39, 0.29) is 9.79 Å². The van der Waals surface area contributed by atoms with E-state index in [2.05, 4.69) is 16.0 Å². The van der Waals surface area contributed by atoms with Gasteiger partial charge in [-0.05, 0) is 60.2 Å². The number of benzene rings is 3. The van der Waals surface area contributed by atoms with Gasteiger partial charge in [0.2, 0.25) is 9.84 Å². The molecule has 29 heavy (non-hydrogen) atoms. The molecule has 1 N–H and O–H groups in total. The standard InChI is InChI=1S/C22H14ClN3O2S/c23-17-7-11-19(12-8-17)29(27,28)18-9-5-15(6-10-18)13-16(14-24)22-25-20-3-1-2-4-21(20)26-22/h1-13H,(H,25,26)/b16-13-. The average Bonchev–Trinajstić information content (AvgIpc) is 3.16. The molecule has 5 nitrogen and oxygen atoms in total. The molecule has 0 aliphatic rings. The van der Waals surface area contributed by atoms with Crippen molar-refractivity contribution in [1.82, 2.24) is 9.97 Å². The molecular formula is C22H14ClN3O2S. The minimum absolute atomic E-state index is 0.166. The van der Waals surface area contributed by atoms with Crippen molar-refractivity contribution < 1.29 is 8.42 Å². The van der Waals surface area contributed by atoms with Gasteiger partial charge in [-0.25, -0.2) is 13.4 Å². The molecule has 7 heteroatoms. The minimum Gasteiger partial charge on any atom is -0.337 e. The highest BCUT2D eigenvalue weighted by Crippen LogP contribution is 2.24. The first kappa shape index (κ1) is 18.9. The number of aromatic nitrogens is 2. The molecule has 0 saturated carbocycles. The summed E-state index contributed by atoms with van der Waals surface area (Å²) >= 11 is 5.83. The number of nitriles is 1. The maximum atomic E-state index is 12.7. The molecule has 4 aromatic rings. The second kappa shape index (κ2) is 7.55. The Morgan fingerprint density at radius 2 is 1.59 bits per heavy atom. The fourth-order valence-corrected chi connectivity index (χ4v) is 4.28. The molecule has 0 spiro atoms. The quantitative estimate of drug-likeness (QED) is 0.465. The van der Waals surface area contributed by atoms with E-state index in [1.165, 1.54) is 36.4 Å². The molecule has 142 valence electrons. The third-order valence-electron chi connectivity index (χ3n) is 4.39. The summed E-state index contributed by atoms with van der Waals surface area (Å²) in [6, 6.07) is 22.0. The summed E-state index contributed by atoms with van der Waals surface area (Å²) in [6.07, 6.45) is 1.66. The number of H-pyrrole nitrogens is 1. The number of hydrogen-bond donors (Lipinski definition) is 1. The van der Waals surface area contributed by atoms with E-state index in [1.807, 2.05) is 24.3 Å². The van der Waals surface area contributed by atoms with Crippen LogP contribution in [0.4, 0.5) is 0 Å². The van der Waals surface area contributed by atoms with Crippen LogP contribution in [0.1, 0.15) is 11.4 Å². The van der Waals surface area contributed by atoms with E-state index in [0.29, 0.717) is 22.0 Å². The van der Waals surface area contributed by atoms with E-state index in [0.717, 1.165) is 11.0 Å². The lowest BCUT2D eigenvalue weighted by Gasteiger charge is -2.05. The molecular weight excluding hydrogens is 406 g/mol. The number of rotatable bonds is 4. The lowest BCUT2D eigenvalue weighted by atomic mass is 10.1. The Balaban J connectivity index is 1.66. The van der Waals surface area contributed by atoms with Crippen molar-refractivity contribution in [1.29, 1.82) is 5.26 Å². The van der Waals surface area contributed by atoms with Crippen LogP contribution in [0.25, 0.3) is 22.7 Å². The Labute approximate surface area is 172 Å². The number of nitrogens with zero attached hydrogens (tertiary/aromatic N) is 2. The van der Waals surface area contributed by atoms with Gasteiger partial charge in [-0.2, -0.15) is 5.26 Å². The maximum absolute atomic E-state index is 12.7. The van der Waals surface area contributed by atoms with E-state index in [4.69, 9.17) is 11.6 Å². The summed E-state index contributed by atoms with van der Waals surface area (Å²) in [7, 11) is -3.64. The predicted molar refractivity (Wildman–Crippen MR) is 113 cm³/mol. The van der Waals surface area contributed by atoms with Gasteiger partial charge in [0, 0.05) is 5.02 Å². The number of aromatic amines is 1. The fourth-order valence-electron chi connectivity index (χ4n) is 2.89. The predicted octanol–water partition coefficient (Wildman–Crippen LogP) is 5.11. The van der Waals surface area contributed by atoms with Crippen LogP contribution in [0.5, 0.6) is 0 Å². The highest BCUT2D eigenvalue weighted by Gasteiger charge is 2.17. The van der Waals surface area contributed by atoms with E-state index in [1.54, 1.807) is 18.2 Å². The van der Waals surface area contributed by atoms with Crippen LogP contribution < -0.4 is 0 Å². The van der Waals surface area contributed by atoms with Crippen molar-refractivity contribution in [3.05, 3.63) is 89.2 Å². The summed E-state index contributed by atoms with van der Waals surface area (Å²) in [4.78, 5) is 7.89. The molecule has 0 unspecified atom stereocenters. The zero-order valence-corrected chi connectivity index (χ0v) is 16.6. The van der Waals surface area contributed by atoms with E-state index >= 15 is 0 Å². The van der Waals surface area contributed by atoms with Gasteiger partial charge in [-0.1, -0.05) is 35.9 Å². The zero-order valence-electron chi connectivity index (χ0n) is 15.0. The summed E-state index contributed by atoms with van der Waals surface area (Å²) in [5.74, 6) is 0.464. The number of allylic oxidation sites excluding steroid dienone is 1. The minimum atomic E-state index is -3.64. The number of fused-ring (bicyclic) bond motifs is 1. The summed E-state index contributed by atoms with van der Waals surface area (Å²) < 4.78 is 25.5. The monoisotopic (exact) mass is 419 g/mol. The average molecular weight is 420 g/mol. The second-order valence-corrected chi connectivity index (χ2v) is 8.68. The number of para-hydroxylation sites is 2. The van der Waals surface area contributed by atoms with Crippen molar-refractivity contribution in [3.63, 3.8) is 0 Å². The van der Waals surface area contributed by atoms with Crippen molar-refractivity contribution in [2.45, 2.75) is 9.79 Å². The van der Waals surface area contributed by atoms with Gasteiger partial charge in [0.25, 0.3) is 0 Å². The Bertz CT molecular complexity index is 1330. The largest absolute Gasteiger partial charge is 0.337 e. The van der Waals surface area contributed by atoms with E-state index in [9.17, 15) is 13.7 Å². The molecule has 0 radical (unpaired) electrons. The first-order chi connectivity index (χ1) is 14.0. The number of halogens is 1. The summed E-state index contributed by atoms with van der Waals surface area (Å²) in [5.41, 5.74) is 2.66. The van der Waals surface area contributed by atoms with Crippen LogP contribution in [0.3, 0.4) is 0 Å². The van der Waals surface area contributed by atoms with Crippen LogP contribution >= 0.6 is 11.6 Å². The Hall–Kier alpha value is -3.40. The van der Waals surface area contributed by atoms with Crippen LogP contribution in [0.2, 0.25) is 5.02 Å². The number of sulfone groups is 1. The molecule has 0 bridgehead atoms. The third-order valence-corrected chi connectivity index (χ3v) is 6.43. The lowest BCUT2D eigenvalue weighted by Crippen LogP contribution is -2.01. The molecule has 0 fully saturated rings. The van der Waals surface area contributed by atoms with Gasteiger partial charge in [-0.3, -0.25) is 0 Å². The highest BCUT2D eigenvalue weighted by atomic mass is 35.5. The normalized spacial score (nSPS) is 12.1. The molecule has 4 rings (SSSR count). The van der Waals surface area contributed by atoms with Crippen LogP contribution in [0, 0.1) is 11.3 Å². The molecule has 0 atom stereocenters. The van der Waals surface area contributed by atoms with Gasteiger partial charge in [-0.15, -0.1) is 0 Å². The molecule has 0 saturated heterocycles. The Morgan fingerprint density at radius 3 is 2.21 bits per heavy atom. The molecule has 0 aliphatic heterocycles. The first-order valence-corrected chi connectivity index (χ1v) is 10.5. The van der Waals surface area contributed by atoms with Gasteiger partial charge in [0.15, 0.2) is 0 Å². The molecule has 0 amide bonds. The van der Waals surface area contributed by atoms with Crippen molar-refractivity contribution in [3.8, 4) is 6.07 Å². The number of nitrogens with one attached hydrogen (secondary N) is 1. The SMILES string of the molecule is N#C/C(=C/c1ccc(S(=O)(=O)c2ccc(Cl)cc2)cc1)c1nc2ccccc2[nH]1. The van der Waals surface area contributed by atoms with Gasteiger partial charge in [0.1, 0.15) is 11.9 Å². The van der Waals surface area contributed by atoms with Gasteiger partial charge >= 0.3 is 0 Å².